The molecule has 0 spiro atoms. The summed E-state index contributed by atoms with van der Waals surface area (Å²) in [5, 5.41) is 16.9. The van der Waals surface area contributed by atoms with Crippen molar-refractivity contribution in [1.29, 1.82) is 0 Å². The lowest BCUT2D eigenvalue weighted by atomic mass is 10.3. The van der Waals surface area contributed by atoms with E-state index in [0.29, 0.717) is 9.60 Å². The van der Waals surface area contributed by atoms with Crippen LogP contribution in [0, 0.1) is 10.1 Å². The lowest BCUT2D eigenvalue weighted by Crippen LogP contribution is -2.12. The molecule has 10 heteroatoms. The monoisotopic (exact) mass is 322 g/mol. The molecule has 2 aromatic carbocycles. The van der Waals surface area contributed by atoms with Gasteiger partial charge in [0.05, 0.1) is 4.92 Å². The van der Waals surface area contributed by atoms with Gasteiger partial charge in [-0.3, -0.25) is 14.7 Å². The Balaban J connectivity index is 0.000000172. The van der Waals surface area contributed by atoms with Crippen molar-refractivity contribution in [3.8, 4) is 0 Å². The van der Waals surface area contributed by atoms with Gasteiger partial charge in [0.15, 0.2) is 0 Å². The standard InChI is InChI=1S/C6H5N3O3S.C6H5NO2/c10-13(11,12)9-6-4-2-1-3-5(6)7-8-9;8-7(9)6-4-2-1-3-5-6/h1-4H,(H,10,11,12);1-5H. The fourth-order valence-electron chi connectivity index (χ4n) is 1.57. The van der Waals surface area contributed by atoms with Gasteiger partial charge in [0, 0.05) is 12.1 Å². The number of benzene rings is 2. The Morgan fingerprint density at radius 1 is 1.05 bits per heavy atom. The van der Waals surface area contributed by atoms with Gasteiger partial charge in [-0.05, 0) is 17.3 Å². The van der Waals surface area contributed by atoms with E-state index in [2.05, 4.69) is 10.3 Å². The molecular formula is C12H10N4O5S. The Labute approximate surface area is 124 Å². The highest BCUT2D eigenvalue weighted by molar-refractivity contribution is 7.84. The third-order valence-electron chi connectivity index (χ3n) is 2.51. The molecule has 1 N–H and O–H groups in total. The summed E-state index contributed by atoms with van der Waals surface area (Å²) in [7, 11) is -4.34. The van der Waals surface area contributed by atoms with Crippen molar-refractivity contribution in [3.63, 3.8) is 0 Å². The molecule has 3 rings (SSSR count). The predicted molar refractivity (Wildman–Crippen MR) is 77.6 cm³/mol. The Hall–Kier alpha value is -2.85. The summed E-state index contributed by atoms with van der Waals surface area (Å²) in [5.41, 5.74) is 0.808. The number of nitrogens with zero attached hydrogens (tertiary/aromatic N) is 4. The molecule has 0 radical (unpaired) electrons. The third kappa shape index (κ3) is 3.62. The topological polar surface area (TPSA) is 128 Å². The zero-order valence-corrected chi connectivity index (χ0v) is 11.8. The van der Waals surface area contributed by atoms with E-state index in [-0.39, 0.29) is 11.2 Å². The number of nitro groups is 1. The van der Waals surface area contributed by atoms with E-state index in [1.807, 2.05) is 0 Å². The van der Waals surface area contributed by atoms with Crippen LogP contribution in [0.1, 0.15) is 0 Å². The molecule has 0 amide bonds. The van der Waals surface area contributed by atoms with Gasteiger partial charge in [-0.25, -0.2) is 0 Å². The van der Waals surface area contributed by atoms with Crippen LogP contribution < -0.4 is 0 Å². The van der Waals surface area contributed by atoms with Crippen LogP contribution in [0.15, 0.2) is 54.6 Å². The van der Waals surface area contributed by atoms with Crippen LogP contribution in [-0.4, -0.2) is 32.3 Å². The van der Waals surface area contributed by atoms with Crippen molar-refractivity contribution >= 4 is 27.0 Å². The smallest absolute Gasteiger partial charge is 0.268 e. The first kappa shape index (κ1) is 15.5. The zero-order chi connectivity index (χ0) is 16.2. The Morgan fingerprint density at radius 3 is 2.18 bits per heavy atom. The summed E-state index contributed by atoms with van der Waals surface area (Å²) in [6.45, 7) is 0. The number of hydrogen-bond donors (Lipinski definition) is 1. The van der Waals surface area contributed by atoms with E-state index < -0.39 is 15.2 Å². The molecule has 0 aliphatic rings. The SMILES string of the molecule is O=S(=O)(O)n1nnc2ccccc21.O=[N+]([O-])c1ccccc1. The fourth-order valence-corrected chi connectivity index (χ4v) is 2.10. The molecule has 22 heavy (non-hydrogen) atoms. The van der Waals surface area contributed by atoms with Crippen molar-refractivity contribution in [2.45, 2.75) is 0 Å². The van der Waals surface area contributed by atoms with Gasteiger partial charge in [0.2, 0.25) is 0 Å². The summed E-state index contributed by atoms with van der Waals surface area (Å²) in [5.74, 6) is 0. The average Bonchev–Trinajstić information content (AvgIpc) is 2.93. The van der Waals surface area contributed by atoms with Gasteiger partial charge in [-0.15, -0.1) is 9.19 Å². The molecule has 3 aromatic rings. The number of nitro benzene ring substituents is 1. The van der Waals surface area contributed by atoms with Gasteiger partial charge in [-0.1, -0.05) is 30.3 Å². The van der Waals surface area contributed by atoms with Crippen LogP contribution in [-0.2, 0) is 10.3 Å². The van der Waals surface area contributed by atoms with Gasteiger partial charge in [-0.2, -0.15) is 8.42 Å². The minimum Gasteiger partial charge on any atom is -0.268 e. The number of aromatic nitrogens is 3. The zero-order valence-electron chi connectivity index (χ0n) is 11.0. The number of fused-ring (bicyclic) bond motifs is 1. The molecule has 1 aromatic heterocycles. The van der Waals surface area contributed by atoms with Gasteiger partial charge < -0.3 is 0 Å². The maximum absolute atomic E-state index is 10.7. The molecule has 0 saturated heterocycles. The number of rotatable bonds is 2. The van der Waals surface area contributed by atoms with Crippen molar-refractivity contribution in [2.75, 3.05) is 0 Å². The van der Waals surface area contributed by atoms with Gasteiger partial charge in [0.1, 0.15) is 11.0 Å². The molecule has 0 bridgehead atoms. The summed E-state index contributed by atoms with van der Waals surface area (Å²) in [4.78, 5) is 9.59. The minimum atomic E-state index is -4.34. The van der Waals surface area contributed by atoms with Crippen LogP contribution in [0.4, 0.5) is 5.69 Å². The number of non-ortho nitro benzene ring substituents is 1. The quantitative estimate of drug-likeness (QED) is 0.431. The Bertz CT molecular complexity index is 892. The number of hydrogen-bond acceptors (Lipinski definition) is 6. The third-order valence-corrected chi connectivity index (χ3v) is 3.21. The molecule has 114 valence electrons. The van der Waals surface area contributed by atoms with Crippen molar-refractivity contribution in [3.05, 3.63) is 64.7 Å². The predicted octanol–water partition coefficient (Wildman–Crippen LogP) is 1.68. The lowest BCUT2D eigenvalue weighted by molar-refractivity contribution is -0.384. The van der Waals surface area contributed by atoms with Crippen molar-refractivity contribution in [2.24, 2.45) is 0 Å². The summed E-state index contributed by atoms with van der Waals surface area (Å²) >= 11 is 0. The normalized spacial score (nSPS) is 10.8. The van der Waals surface area contributed by atoms with Crippen LogP contribution in [0.25, 0.3) is 11.0 Å². The highest BCUT2D eigenvalue weighted by Crippen LogP contribution is 2.10. The molecule has 0 aliphatic carbocycles. The molecule has 0 atom stereocenters. The Morgan fingerprint density at radius 2 is 1.64 bits per heavy atom. The van der Waals surface area contributed by atoms with Crippen molar-refractivity contribution < 1.29 is 17.9 Å². The van der Waals surface area contributed by atoms with Crippen LogP contribution in [0.2, 0.25) is 0 Å². The second-order valence-corrected chi connectivity index (χ2v) is 5.23. The average molecular weight is 322 g/mol. The van der Waals surface area contributed by atoms with E-state index in [4.69, 9.17) is 4.55 Å². The molecule has 9 nitrogen and oxygen atoms in total. The molecule has 0 unspecified atom stereocenters. The van der Waals surface area contributed by atoms with E-state index in [1.165, 1.54) is 18.2 Å². The van der Waals surface area contributed by atoms with Gasteiger partial charge in [0.25, 0.3) is 5.69 Å². The first-order chi connectivity index (χ1) is 10.4. The van der Waals surface area contributed by atoms with Crippen LogP contribution in [0.5, 0.6) is 0 Å². The molecule has 0 aliphatic heterocycles. The van der Waals surface area contributed by atoms with E-state index in [1.54, 1.807) is 36.4 Å². The molecule has 1 heterocycles. The van der Waals surface area contributed by atoms with Crippen molar-refractivity contribution in [1.82, 2.24) is 14.4 Å². The maximum Gasteiger partial charge on any atom is 0.380 e. The van der Waals surface area contributed by atoms with E-state index >= 15 is 0 Å². The summed E-state index contributed by atoms with van der Waals surface area (Å²) in [6.07, 6.45) is 0. The molecule has 0 fully saturated rings. The summed E-state index contributed by atoms with van der Waals surface area (Å²) in [6, 6.07) is 14.4. The first-order valence-corrected chi connectivity index (χ1v) is 7.27. The minimum absolute atomic E-state index is 0.137. The Kier molecular flexibility index (Phi) is 4.44. The van der Waals surface area contributed by atoms with E-state index in [9.17, 15) is 18.5 Å². The molecule has 0 saturated carbocycles. The summed E-state index contributed by atoms with van der Waals surface area (Å²) < 4.78 is 30.6. The molecular weight excluding hydrogens is 312 g/mol. The maximum atomic E-state index is 10.7. The van der Waals surface area contributed by atoms with Gasteiger partial charge >= 0.3 is 10.3 Å². The highest BCUT2D eigenvalue weighted by atomic mass is 32.2. The largest absolute Gasteiger partial charge is 0.380 e. The fraction of sp³-hybridized carbons (Fsp3) is 0. The second-order valence-electron chi connectivity index (χ2n) is 3.99. The van der Waals surface area contributed by atoms with Crippen LogP contribution in [0.3, 0.4) is 0 Å². The number of para-hydroxylation sites is 2. The highest BCUT2D eigenvalue weighted by Gasteiger charge is 2.13. The first-order valence-electron chi connectivity index (χ1n) is 5.87. The second kappa shape index (κ2) is 6.28. The van der Waals surface area contributed by atoms with E-state index in [0.717, 1.165) is 0 Å². The lowest BCUT2D eigenvalue weighted by Gasteiger charge is -1.94. The van der Waals surface area contributed by atoms with Crippen LogP contribution >= 0.6 is 0 Å².